The molecule has 0 fully saturated rings. The van der Waals surface area contributed by atoms with E-state index in [1.54, 1.807) is 45.0 Å². The summed E-state index contributed by atoms with van der Waals surface area (Å²) in [4.78, 5) is 62.4. The van der Waals surface area contributed by atoms with Crippen molar-refractivity contribution in [2.24, 2.45) is 5.73 Å². The van der Waals surface area contributed by atoms with Crippen molar-refractivity contribution in [3.05, 3.63) is 35.4 Å². The Bertz CT molecular complexity index is 961. The molecule has 0 saturated heterocycles. The van der Waals surface area contributed by atoms with E-state index in [9.17, 15) is 24.0 Å². The lowest BCUT2D eigenvalue weighted by Crippen LogP contribution is -2.52. The summed E-state index contributed by atoms with van der Waals surface area (Å²) in [5.41, 5.74) is 5.58. The predicted octanol–water partition coefficient (Wildman–Crippen LogP) is 0.513. The number of nitrogens with one attached hydrogen (secondary N) is 2. The van der Waals surface area contributed by atoms with Gasteiger partial charge in [0.05, 0.1) is 13.5 Å². The third-order valence-electron chi connectivity index (χ3n) is 4.31. The molecule has 1 aromatic carbocycles. The number of amides is 4. The third kappa shape index (κ3) is 8.82. The summed E-state index contributed by atoms with van der Waals surface area (Å²) < 4.78 is 9.66. The molecule has 4 amide bonds. The van der Waals surface area contributed by atoms with E-state index < -0.39 is 60.4 Å². The van der Waals surface area contributed by atoms with Crippen LogP contribution in [0.4, 0.5) is 4.79 Å². The molecule has 184 valence electrons. The number of ether oxygens (including phenoxy) is 2. The monoisotopic (exact) mass is 474 g/mol. The molecule has 0 radical (unpaired) electrons. The molecule has 1 rings (SSSR count). The zero-order valence-electron chi connectivity index (χ0n) is 19.8. The van der Waals surface area contributed by atoms with E-state index in [1.807, 2.05) is 6.92 Å². The number of nitrogens with zero attached hydrogens (tertiary/aromatic N) is 1. The van der Waals surface area contributed by atoms with E-state index in [2.05, 4.69) is 21.4 Å². The van der Waals surface area contributed by atoms with Crippen LogP contribution in [0.25, 0.3) is 0 Å². The highest BCUT2D eigenvalue weighted by atomic mass is 16.6. The van der Waals surface area contributed by atoms with Gasteiger partial charge in [-0.05, 0) is 33.3 Å². The molecule has 4 N–H and O–H groups in total. The average Bonchev–Trinajstić information content (AvgIpc) is 2.73. The zero-order chi connectivity index (χ0) is 26.1. The first kappa shape index (κ1) is 28.0. The maximum Gasteiger partial charge on any atom is 0.408 e. The normalized spacial score (nSPS) is 12.4. The number of nitrogens with two attached hydrogens (primary N) is 1. The van der Waals surface area contributed by atoms with Gasteiger partial charge in [-0.3, -0.25) is 24.1 Å². The van der Waals surface area contributed by atoms with Crippen LogP contribution in [-0.2, 0) is 28.7 Å². The quantitative estimate of drug-likeness (QED) is 0.267. The van der Waals surface area contributed by atoms with Gasteiger partial charge in [-0.1, -0.05) is 36.3 Å². The lowest BCUT2D eigenvalue weighted by atomic mass is 10.0. The van der Waals surface area contributed by atoms with Crippen molar-refractivity contribution < 1.29 is 33.4 Å². The third-order valence-corrected chi connectivity index (χ3v) is 4.31. The number of hydrogen-bond donors (Lipinski definition) is 3. The van der Waals surface area contributed by atoms with Gasteiger partial charge in [0.2, 0.25) is 11.8 Å². The van der Waals surface area contributed by atoms with Crippen LogP contribution in [0.15, 0.2) is 24.3 Å². The summed E-state index contributed by atoms with van der Waals surface area (Å²) in [6.45, 7) is 6.21. The molecule has 0 saturated carbocycles. The summed E-state index contributed by atoms with van der Waals surface area (Å²) >= 11 is 0. The van der Waals surface area contributed by atoms with Crippen molar-refractivity contribution in [2.75, 3.05) is 13.7 Å². The van der Waals surface area contributed by atoms with Gasteiger partial charge < -0.3 is 25.8 Å². The minimum Gasteiger partial charge on any atom is -0.468 e. The van der Waals surface area contributed by atoms with E-state index >= 15 is 0 Å². The number of alkyl carbamates (subject to hydrolysis) is 1. The van der Waals surface area contributed by atoms with E-state index in [-0.39, 0.29) is 0 Å². The van der Waals surface area contributed by atoms with Gasteiger partial charge in [-0.2, -0.15) is 0 Å². The Balaban J connectivity index is 3.34. The lowest BCUT2D eigenvalue weighted by Gasteiger charge is -2.30. The van der Waals surface area contributed by atoms with E-state index in [1.165, 1.54) is 0 Å². The fourth-order valence-electron chi connectivity index (χ4n) is 2.78. The molecule has 0 spiro atoms. The second-order valence-corrected chi connectivity index (χ2v) is 8.31. The Morgan fingerprint density at radius 2 is 1.74 bits per heavy atom. The van der Waals surface area contributed by atoms with Crippen molar-refractivity contribution in [2.45, 2.75) is 51.8 Å². The topological polar surface area (TPSA) is 157 Å². The van der Waals surface area contributed by atoms with Crippen molar-refractivity contribution in [3.63, 3.8) is 0 Å². The molecule has 0 aromatic heterocycles. The molecule has 0 aliphatic rings. The Morgan fingerprint density at radius 1 is 1.15 bits per heavy atom. The summed E-state index contributed by atoms with van der Waals surface area (Å²) in [6.07, 6.45) is 4.01. The first-order valence-corrected chi connectivity index (χ1v) is 10.3. The van der Waals surface area contributed by atoms with Crippen LogP contribution >= 0.6 is 0 Å². The number of primary amides is 1. The van der Waals surface area contributed by atoms with Crippen molar-refractivity contribution in [3.8, 4) is 12.5 Å². The molecule has 1 aromatic rings. The van der Waals surface area contributed by atoms with Crippen LogP contribution in [-0.4, -0.2) is 60.0 Å². The molecule has 34 heavy (non-hydrogen) atoms. The molecule has 11 nitrogen and oxygen atoms in total. The fraction of sp³-hybridized carbons (Fsp3) is 0.435. The van der Waals surface area contributed by atoms with Gasteiger partial charge in [0.25, 0.3) is 5.91 Å². The maximum atomic E-state index is 13.3. The molecule has 0 bridgehead atoms. The van der Waals surface area contributed by atoms with Crippen molar-refractivity contribution in [1.29, 1.82) is 0 Å². The molecule has 2 atom stereocenters. The molecule has 2 unspecified atom stereocenters. The highest BCUT2D eigenvalue weighted by Gasteiger charge is 2.36. The fourth-order valence-corrected chi connectivity index (χ4v) is 2.78. The number of rotatable bonds is 9. The SMILES string of the molecule is C#CN(C(=O)C(CC(N)=O)NC(=O)OC(C)(C)C)C(C(=O)NCC(=O)OC)c1ccc(C)cc1. The number of methoxy groups -OCH3 is 1. The van der Waals surface area contributed by atoms with Gasteiger partial charge in [-0.15, -0.1) is 0 Å². The van der Waals surface area contributed by atoms with Gasteiger partial charge in [-0.25, -0.2) is 4.79 Å². The summed E-state index contributed by atoms with van der Waals surface area (Å²) in [6, 6.07) is 5.81. The predicted molar refractivity (Wildman–Crippen MR) is 122 cm³/mol. The van der Waals surface area contributed by atoms with E-state index in [0.29, 0.717) is 5.56 Å². The van der Waals surface area contributed by atoms with Crippen LogP contribution in [0.2, 0.25) is 0 Å². The largest absolute Gasteiger partial charge is 0.468 e. The van der Waals surface area contributed by atoms with Crippen LogP contribution in [0.3, 0.4) is 0 Å². The number of esters is 1. The van der Waals surface area contributed by atoms with Crippen LogP contribution in [0.1, 0.15) is 44.4 Å². The molecule has 11 heteroatoms. The molecular weight excluding hydrogens is 444 g/mol. The Labute approximate surface area is 198 Å². The van der Waals surface area contributed by atoms with Crippen LogP contribution in [0.5, 0.6) is 0 Å². The minimum atomic E-state index is -1.51. The molecule has 0 heterocycles. The first-order chi connectivity index (χ1) is 15.8. The second kappa shape index (κ2) is 12.2. The van der Waals surface area contributed by atoms with Crippen LogP contribution in [0, 0.1) is 19.4 Å². The minimum absolute atomic E-state index is 0.328. The average molecular weight is 475 g/mol. The number of terminal acetylenes is 1. The number of carbonyl (C=O) groups excluding carboxylic acids is 5. The molecule has 0 aliphatic heterocycles. The van der Waals surface area contributed by atoms with Crippen LogP contribution < -0.4 is 16.4 Å². The second-order valence-electron chi connectivity index (χ2n) is 8.31. The molecule has 0 aliphatic carbocycles. The highest BCUT2D eigenvalue weighted by molar-refractivity contribution is 5.96. The Kier molecular flexibility index (Phi) is 10.1. The number of carbonyl (C=O) groups is 5. The van der Waals surface area contributed by atoms with Gasteiger partial charge in [0.1, 0.15) is 24.2 Å². The summed E-state index contributed by atoms with van der Waals surface area (Å²) in [5.74, 6) is -3.34. The Morgan fingerprint density at radius 3 is 2.21 bits per heavy atom. The highest BCUT2D eigenvalue weighted by Crippen LogP contribution is 2.23. The number of aryl methyl sites for hydroxylation is 1. The summed E-state index contributed by atoms with van der Waals surface area (Å²) in [5, 5.41) is 4.64. The smallest absolute Gasteiger partial charge is 0.408 e. The number of hydrogen-bond acceptors (Lipinski definition) is 7. The van der Waals surface area contributed by atoms with Crippen molar-refractivity contribution in [1.82, 2.24) is 15.5 Å². The van der Waals surface area contributed by atoms with Gasteiger partial charge in [0.15, 0.2) is 0 Å². The van der Waals surface area contributed by atoms with Gasteiger partial charge in [0, 0.05) is 6.04 Å². The van der Waals surface area contributed by atoms with E-state index in [4.69, 9.17) is 16.9 Å². The number of benzene rings is 1. The molecular formula is C23H30N4O7. The standard InChI is InChI=1S/C23H30N4O7/c1-7-27(21(31)16(12-17(24)28)26-22(32)34-23(3,4)5)19(15-10-8-14(2)9-11-15)20(30)25-13-18(29)33-6/h1,8-11,16,19H,12-13H2,2-6H3,(H2,24,28)(H,25,30)(H,26,32). The lowest BCUT2D eigenvalue weighted by molar-refractivity contribution is -0.143. The maximum absolute atomic E-state index is 13.3. The zero-order valence-corrected chi connectivity index (χ0v) is 19.8. The van der Waals surface area contributed by atoms with Crippen molar-refractivity contribution >= 4 is 29.8 Å². The first-order valence-electron chi connectivity index (χ1n) is 10.3. The van der Waals surface area contributed by atoms with Gasteiger partial charge >= 0.3 is 12.1 Å². The van der Waals surface area contributed by atoms with E-state index in [0.717, 1.165) is 17.6 Å². The Hall–Kier alpha value is -4.07. The summed E-state index contributed by atoms with van der Waals surface area (Å²) in [7, 11) is 1.15.